The van der Waals surface area contributed by atoms with Crippen molar-refractivity contribution in [1.29, 1.82) is 0 Å². The predicted molar refractivity (Wildman–Crippen MR) is 68.4 cm³/mol. The first-order valence-electron chi connectivity index (χ1n) is 6.61. The van der Waals surface area contributed by atoms with Gasteiger partial charge in [0, 0.05) is 19.1 Å². The number of ether oxygens (including phenoxy) is 1. The van der Waals surface area contributed by atoms with E-state index >= 15 is 0 Å². The van der Waals surface area contributed by atoms with Gasteiger partial charge in [0.2, 0.25) is 0 Å². The van der Waals surface area contributed by atoms with Crippen molar-refractivity contribution in [3.05, 3.63) is 0 Å². The predicted octanol–water partition coefficient (Wildman–Crippen LogP) is 2.73. The second-order valence-electron chi connectivity index (χ2n) is 4.44. The van der Waals surface area contributed by atoms with Gasteiger partial charge in [0.1, 0.15) is 0 Å². The molecule has 1 fully saturated rings. The van der Waals surface area contributed by atoms with Crippen LogP contribution in [-0.2, 0) is 4.74 Å². The third kappa shape index (κ3) is 5.53. The Morgan fingerprint density at radius 3 is 2.94 bits per heavy atom. The lowest BCUT2D eigenvalue weighted by molar-refractivity contribution is 0.00491. The summed E-state index contributed by atoms with van der Waals surface area (Å²) in [5.41, 5.74) is 0. The van der Waals surface area contributed by atoms with Gasteiger partial charge in [0.15, 0.2) is 0 Å². The maximum absolute atomic E-state index is 5.79. The lowest BCUT2D eigenvalue weighted by Crippen LogP contribution is -2.34. The zero-order valence-electron chi connectivity index (χ0n) is 10.7. The van der Waals surface area contributed by atoms with Gasteiger partial charge in [-0.2, -0.15) is 0 Å². The summed E-state index contributed by atoms with van der Waals surface area (Å²) in [5, 5.41) is 3.54. The minimum absolute atomic E-state index is 0.479. The molecule has 1 N–H and O–H groups in total. The molecule has 0 spiro atoms. The second-order valence-corrected chi connectivity index (χ2v) is 4.44. The molecule has 1 saturated heterocycles. The van der Waals surface area contributed by atoms with Crippen molar-refractivity contribution in [2.75, 3.05) is 13.2 Å². The van der Waals surface area contributed by atoms with Crippen molar-refractivity contribution < 1.29 is 4.74 Å². The number of rotatable bonds is 6. The van der Waals surface area contributed by atoms with E-state index in [0.717, 1.165) is 32.4 Å². The Hall–Kier alpha value is -0.520. The average molecular weight is 223 g/mol. The summed E-state index contributed by atoms with van der Waals surface area (Å²) in [6.45, 7) is 6.07. The highest BCUT2D eigenvalue weighted by atomic mass is 16.5. The van der Waals surface area contributed by atoms with Gasteiger partial charge in [-0.05, 0) is 45.6 Å². The Labute approximate surface area is 100 Å². The van der Waals surface area contributed by atoms with E-state index in [1.807, 2.05) is 6.92 Å². The summed E-state index contributed by atoms with van der Waals surface area (Å²) >= 11 is 0. The first-order valence-corrected chi connectivity index (χ1v) is 6.61. The monoisotopic (exact) mass is 223 g/mol. The van der Waals surface area contributed by atoms with E-state index in [1.165, 1.54) is 19.3 Å². The molecule has 0 bridgehead atoms. The Balaban J connectivity index is 2.26. The highest BCUT2D eigenvalue weighted by Gasteiger charge is 2.18. The summed E-state index contributed by atoms with van der Waals surface area (Å²) in [6, 6.07) is 0.578. The smallest absolute Gasteiger partial charge is 0.0590 e. The highest BCUT2D eigenvalue weighted by Crippen LogP contribution is 2.18. The van der Waals surface area contributed by atoms with Crippen molar-refractivity contribution in [1.82, 2.24) is 5.32 Å². The number of hydrogen-bond donors (Lipinski definition) is 1. The summed E-state index contributed by atoms with van der Waals surface area (Å²) in [4.78, 5) is 0. The minimum atomic E-state index is 0.479. The van der Waals surface area contributed by atoms with E-state index in [0.29, 0.717) is 12.1 Å². The average Bonchev–Trinajstić information content (AvgIpc) is 2.31. The summed E-state index contributed by atoms with van der Waals surface area (Å²) in [5.74, 6) is 6.10. The zero-order valence-corrected chi connectivity index (χ0v) is 10.7. The van der Waals surface area contributed by atoms with E-state index in [1.54, 1.807) is 0 Å². The molecule has 0 saturated carbocycles. The third-order valence-corrected chi connectivity index (χ3v) is 3.11. The molecule has 2 unspecified atom stereocenters. The van der Waals surface area contributed by atoms with Crippen LogP contribution in [0.4, 0.5) is 0 Å². The Morgan fingerprint density at radius 1 is 1.44 bits per heavy atom. The second kappa shape index (κ2) is 8.61. The van der Waals surface area contributed by atoms with Gasteiger partial charge in [0.25, 0.3) is 0 Å². The fourth-order valence-electron chi connectivity index (χ4n) is 2.27. The van der Waals surface area contributed by atoms with Crippen LogP contribution in [0.15, 0.2) is 0 Å². The van der Waals surface area contributed by atoms with Crippen LogP contribution in [0.25, 0.3) is 0 Å². The van der Waals surface area contributed by atoms with Gasteiger partial charge in [-0.15, -0.1) is 11.8 Å². The molecule has 2 heteroatoms. The molecule has 1 aliphatic heterocycles. The molecule has 0 aromatic carbocycles. The molecule has 16 heavy (non-hydrogen) atoms. The molecule has 92 valence electrons. The topological polar surface area (TPSA) is 21.3 Å². The molecule has 0 amide bonds. The van der Waals surface area contributed by atoms with Crippen molar-refractivity contribution >= 4 is 0 Å². The number of hydrogen-bond acceptors (Lipinski definition) is 2. The third-order valence-electron chi connectivity index (χ3n) is 3.11. The summed E-state index contributed by atoms with van der Waals surface area (Å²) < 4.78 is 5.79. The van der Waals surface area contributed by atoms with Crippen LogP contribution in [0.1, 0.15) is 52.4 Å². The van der Waals surface area contributed by atoms with E-state index in [9.17, 15) is 0 Å². The van der Waals surface area contributed by atoms with Crippen molar-refractivity contribution in [2.45, 2.75) is 64.5 Å². The molecule has 0 aliphatic carbocycles. The SMILES string of the molecule is CC#CCCC(CC1CCCCO1)NCC. The van der Waals surface area contributed by atoms with Crippen LogP contribution in [0.2, 0.25) is 0 Å². The number of nitrogens with one attached hydrogen (secondary N) is 1. The molecule has 2 atom stereocenters. The van der Waals surface area contributed by atoms with Crippen LogP contribution in [0.5, 0.6) is 0 Å². The van der Waals surface area contributed by atoms with Crippen LogP contribution >= 0.6 is 0 Å². The fraction of sp³-hybridized carbons (Fsp3) is 0.857. The molecule has 1 heterocycles. The standard InChI is InChI=1S/C14H25NO/c1-3-5-6-9-13(15-4-2)12-14-10-7-8-11-16-14/h13-15H,4,6-12H2,1-2H3. The maximum Gasteiger partial charge on any atom is 0.0590 e. The fourth-order valence-corrected chi connectivity index (χ4v) is 2.27. The Bertz CT molecular complexity index is 223. The van der Waals surface area contributed by atoms with Gasteiger partial charge in [0.05, 0.1) is 6.10 Å². The molecule has 1 aliphatic rings. The molecular formula is C14H25NO. The quantitative estimate of drug-likeness (QED) is 0.699. The van der Waals surface area contributed by atoms with Gasteiger partial charge in [-0.3, -0.25) is 0 Å². The molecule has 1 rings (SSSR count). The maximum atomic E-state index is 5.79. The molecule has 2 nitrogen and oxygen atoms in total. The van der Waals surface area contributed by atoms with E-state index < -0.39 is 0 Å². The van der Waals surface area contributed by atoms with E-state index in [-0.39, 0.29) is 0 Å². The molecule has 0 aromatic rings. The van der Waals surface area contributed by atoms with Crippen LogP contribution in [0.3, 0.4) is 0 Å². The van der Waals surface area contributed by atoms with Crippen molar-refractivity contribution in [3.8, 4) is 11.8 Å². The largest absolute Gasteiger partial charge is 0.378 e. The summed E-state index contributed by atoms with van der Waals surface area (Å²) in [6.07, 6.45) is 7.59. The normalized spacial score (nSPS) is 22.2. The van der Waals surface area contributed by atoms with Gasteiger partial charge < -0.3 is 10.1 Å². The Morgan fingerprint density at radius 2 is 2.31 bits per heavy atom. The van der Waals surface area contributed by atoms with Crippen molar-refractivity contribution in [2.24, 2.45) is 0 Å². The minimum Gasteiger partial charge on any atom is -0.378 e. The van der Waals surface area contributed by atoms with Gasteiger partial charge in [-0.25, -0.2) is 0 Å². The van der Waals surface area contributed by atoms with Crippen molar-refractivity contribution in [3.63, 3.8) is 0 Å². The molecular weight excluding hydrogens is 198 g/mol. The van der Waals surface area contributed by atoms with Crippen LogP contribution in [-0.4, -0.2) is 25.3 Å². The van der Waals surface area contributed by atoms with Gasteiger partial charge >= 0.3 is 0 Å². The van der Waals surface area contributed by atoms with Crippen LogP contribution in [0, 0.1) is 11.8 Å². The lowest BCUT2D eigenvalue weighted by atomic mass is 9.99. The first-order chi connectivity index (χ1) is 7.86. The van der Waals surface area contributed by atoms with E-state index in [4.69, 9.17) is 4.74 Å². The first kappa shape index (κ1) is 13.5. The zero-order chi connectivity index (χ0) is 11.6. The summed E-state index contributed by atoms with van der Waals surface area (Å²) in [7, 11) is 0. The van der Waals surface area contributed by atoms with Crippen LogP contribution < -0.4 is 5.32 Å². The molecule has 0 aromatic heterocycles. The molecule has 0 radical (unpaired) electrons. The Kier molecular flexibility index (Phi) is 7.29. The lowest BCUT2D eigenvalue weighted by Gasteiger charge is -2.27. The van der Waals surface area contributed by atoms with E-state index in [2.05, 4.69) is 24.1 Å². The highest BCUT2D eigenvalue weighted by molar-refractivity contribution is 4.95. The van der Waals surface area contributed by atoms with Gasteiger partial charge in [-0.1, -0.05) is 6.92 Å².